The van der Waals surface area contributed by atoms with Gasteiger partial charge in [-0.15, -0.1) is 0 Å². The van der Waals surface area contributed by atoms with E-state index in [0.29, 0.717) is 0 Å². The minimum Gasteiger partial charge on any atom is -0.484 e. The summed E-state index contributed by atoms with van der Waals surface area (Å²) in [5, 5.41) is 0. The molecule has 1 aliphatic heterocycles. The molecule has 2 rings (SSSR count). The van der Waals surface area contributed by atoms with E-state index in [9.17, 15) is 0 Å². The monoisotopic (exact) mass is 199 g/mol. The first-order valence-electron chi connectivity index (χ1n) is 4.93. The molecule has 0 saturated heterocycles. The first kappa shape index (κ1) is 9.71. The smallest absolute Gasteiger partial charge is 0.191 e. The van der Waals surface area contributed by atoms with Gasteiger partial charge < -0.3 is 4.74 Å². The van der Waals surface area contributed by atoms with E-state index < -0.39 is 0 Å². The Morgan fingerprint density at radius 1 is 1.20 bits per heavy atom. The van der Waals surface area contributed by atoms with Crippen molar-refractivity contribution in [2.24, 2.45) is 4.99 Å². The van der Waals surface area contributed by atoms with Crippen molar-refractivity contribution < 1.29 is 4.74 Å². The highest BCUT2D eigenvalue weighted by atomic mass is 16.5. The van der Waals surface area contributed by atoms with E-state index in [1.165, 1.54) is 11.1 Å². The third-order valence-electron chi connectivity index (χ3n) is 2.31. The third-order valence-corrected chi connectivity index (χ3v) is 2.31. The maximum Gasteiger partial charge on any atom is 0.191 e. The molecular weight excluding hydrogens is 186 g/mol. The minimum absolute atomic E-state index is 0.744. The molecule has 0 spiro atoms. The van der Waals surface area contributed by atoms with Crippen LogP contribution < -0.4 is 0 Å². The fraction of sp³-hybridized carbons (Fsp3) is 0.154. The van der Waals surface area contributed by atoms with Gasteiger partial charge in [-0.3, -0.25) is 0 Å². The summed E-state index contributed by atoms with van der Waals surface area (Å²) in [6.45, 7) is 0. The van der Waals surface area contributed by atoms with Crippen molar-refractivity contribution in [2.75, 3.05) is 7.11 Å². The van der Waals surface area contributed by atoms with E-state index >= 15 is 0 Å². The van der Waals surface area contributed by atoms with Gasteiger partial charge in [0, 0.05) is 12.6 Å². The Balaban J connectivity index is 2.24. The normalized spacial score (nSPS) is 15.3. The minimum atomic E-state index is 0.744. The molecule has 1 heterocycles. The summed E-state index contributed by atoms with van der Waals surface area (Å²) in [6, 6.07) is 10.3. The molecule has 15 heavy (non-hydrogen) atoms. The van der Waals surface area contributed by atoms with Gasteiger partial charge in [0.2, 0.25) is 0 Å². The Kier molecular flexibility index (Phi) is 2.98. The van der Waals surface area contributed by atoms with Crippen LogP contribution in [0.5, 0.6) is 0 Å². The van der Waals surface area contributed by atoms with Crippen LogP contribution in [-0.4, -0.2) is 13.0 Å². The molecule has 0 unspecified atom stereocenters. The molecule has 0 N–H and O–H groups in total. The van der Waals surface area contributed by atoms with Gasteiger partial charge in [-0.2, -0.15) is 0 Å². The zero-order valence-electron chi connectivity index (χ0n) is 8.68. The second-order valence-corrected chi connectivity index (χ2v) is 3.27. The standard InChI is InChI=1S/C13H13NO/c1-15-13-8-7-12(9-10-14-13)11-5-3-2-4-6-11/h2-7,9-10H,8H2,1H3. The second kappa shape index (κ2) is 4.60. The predicted molar refractivity (Wildman–Crippen MR) is 62.6 cm³/mol. The Labute approximate surface area is 89.6 Å². The third kappa shape index (κ3) is 2.34. The fourth-order valence-corrected chi connectivity index (χ4v) is 1.50. The number of nitrogens with zero attached hydrogens (tertiary/aromatic N) is 1. The van der Waals surface area contributed by atoms with Crippen molar-refractivity contribution in [2.45, 2.75) is 6.42 Å². The number of aliphatic imine (C=N–C) groups is 1. The fourth-order valence-electron chi connectivity index (χ4n) is 1.50. The number of rotatable bonds is 1. The average molecular weight is 199 g/mol. The first-order chi connectivity index (χ1) is 7.40. The highest BCUT2D eigenvalue weighted by Crippen LogP contribution is 2.18. The molecule has 1 aromatic carbocycles. The molecule has 0 saturated carbocycles. The van der Waals surface area contributed by atoms with Gasteiger partial charge in [-0.05, 0) is 17.2 Å². The Bertz CT molecular complexity index is 415. The molecule has 2 heteroatoms. The first-order valence-corrected chi connectivity index (χ1v) is 4.93. The molecular formula is C13H13NO. The number of ether oxygens (including phenoxy) is 1. The van der Waals surface area contributed by atoms with E-state index in [-0.39, 0.29) is 0 Å². The lowest BCUT2D eigenvalue weighted by Crippen LogP contribution is -1.97. The van der Waals surface area contributed by atoms with Gasteiger partial charge in [0.15, 0.2) is 5.90 Å². The summed E-state index contributed by atoms with van der Waals surface area (Å²) in [4.78, 5) is 4.18. The van der Waals surface area contributed by atoms with Crippen LogP contribution in [-0.2, 0) is 4.74 Å². The Morgan fingerprint density at radius 2 is 2.00 bits per heavy atom. The summed E-state index contributed by atoms with van der Waals surface area (Å²) in [6.07, 6.45) is 6.65. The number of hydrogen-bond donors (Lipinski definition) is 0. The van der Waals surface area contributed by atoms with Gasteiger partial charge in [-0.25, -0.2) is 4.99 Å². The lowest BCUT2D eigenvalue weighted by molar-refractivity contribution is 0.395. The van der Waals surface area contributed by atoms with E-state index in [4.69, 9.17) is 4.74 Å². The van der Waals surface area contributed by atoms with Gasteiger partial charge >= 0.3 is 0 Å². The van der Waals surface area contributed by atoms with Crippen LogP contribution in [0.25, 0.3) is 5.57 Å². The summed E-state index contributed by atoms with van der Waals surface area (Å²) in [5.41, 5.74) is 2.40. The molecule has 0 fully saturated rings. The topological polar surface area (TPSA) is 21.6 Å². The van der Waals surface area contributed by atoms with E-state index in [2.05, 4.69) is 23.2 Å². The largest absolute Gasteiger partial charge is 0.484 e. The molecule has 1 aromatic rings. The number of benzene rings is 1. The van der Waals surface area contributed by atoms with Gasteiger partial charge in [0.1, 0.15) is 0 Å². The van der Waals surface area contributed by atoms with Crippen LogP contribution in [0.2, 0.25) is 0 Å². The maximum absolute atomic E-state index is 5.11. The average Bonchev–Trinajstić information content (AvgIpc) is 2.55. The molecule has 0 amide bonds. The van der Waals surface area contributed by atoms with Crippen molar-refractivity contribution in [1.29, 1.82) is 0 Å². The summed E-state index contributed by atoms with van der Waals surface area (Å²) >= 11 is 0. The maximum atomic E-state index is 5.11. The molecule has 0 aromatic heterocycles. The van der Waals surface area contributed by atoms with Gasteiger partial charge in [-0.1, -0.05) is 36.4 Å². The quantitative estimate of drug-likeness (QED) is 0.681. The molecule has 0 radical (unpaired) electrons. The van der Waals surface area contributed by atoms with E-state index in [1.54, 1.807) is 13.3 Å². The lowest BCUT2D eigenvalue weighted by Gasteiger charge is -2.01. The summed E-state index contributed by atoms with van der Waals surface area (Å²) in [7, 11) is 1.65. The van der Waals surface area contributed by atoms with Crippen molar-refractivity contribution in [3.8, 4) is 0 Å². The molecule has 0 atom stereocenters. The van der Waals surface area contributed by atoms with Crippen LogP contribution in [0.4, 0.5) is 0 Å². The Morgan fingerprint density at radius 3 is 2.73 bits per heavy atom. The number of hydrogen-bond acceptors (Lipinski definition) is 2. The zero-order valence-corrected chi connectivity index (χ0v) is 8.68. The number of methoxy groups -OCH3 is 1. The summed E-state index contributed by atoms with van der Waals surface area (Å²) < 4.78 is 5.11. The van der Waals surface area contributed by atoms with Crippen molar-refractivity contribution >= 4 is 11.5 Å². The zero-order chi connectivity index (χ0) is 10.5. The van der Waals surface area contributed by atoms with Crippen molar-refractivity contribution in [3.63, 3.8) is 0 Å². The highest BCUT2D eigenvalue weighted by molar-refractivity contribution is 5.84. The van der Waals surface area contributed by atoms with Crippen LogP contribution in [0, 0.1) is 0 Å². The van der Waals surface area contributed by atoms with Crippen LogP contribution in [0.3, 0.4) is 0 Å². The molecule has 2 nitrogen and oxygen atoms in total. The lowest BCUT2D eigenvalue weighted by atomic mass is 10.1. The van der Waals surface area contributed by atoms with Crippen LogP contribution >= 0.6 is 0 Å². The summed E-state index contributed by atoms with van der Waals surface area (Å²) in [5.74, 6) is 0.747. The molecule has 76 valence electrons. The van der Waals surface area contributed by atoms with Gasteiger partial charge in [0.25, 0.3) is 0 Å². The van der Waals surface area contributed by atoms with Crippen LogP contribution in [0.1, 0.15) is 12.0 Å². The van der Waals surface area contributed by atoms with E-state index in [0.717, 1.165) is 12.3 Å². The van der Waals surface area contributed by atoms with E-state index in [1.807, 2.05) is 24.3 Å². The molecule has 0 bridgehead atoms. The van der Waals surface area contributed by atoms with Crippen molar-refractivity contribution in [1.82, 2.24) is 0 Å². The number of allylic oxidation sites excluding steroid dienone is 2. The highest BCUT2D eigenvalue weighted by Gasteiger charge is 2.02. The van der Waals surface area contributed by atoms with Crippen molar-refractivity contribution in [3.05, 3.63) is 54.2 Å². The van der Waals surface area contributed by atoms with Crippen LogP contribution in [0.15, 0.2) is 53.7 Å². The van der Waals surface area contributed by atoms with Gasteiger partial charge in [0.05, 0.1) is 7.11 Å². The Hall–Kier alpha value is -1.83. The predicted octanol–water partition coefficient (Wildman–Crippen LogP) is 3.03. The molecule has 0 aliphatic carbocycles. The molecule has 1 aliphatic rings. The SMILES string of the molecule is COC1=NC=CC(c2ccccc2)=CC1. The second-order valence-electron chi connectivity index (χ2n) is 3.27.